The van der Waals surface area contributed by atoms with Gasteiger partial charge in [-0.05, 0) is 0 Å². The normalized spacial score (nSPS) is 14.5. The van der Waals surface area contributed by atoms with Gasteiger partial charge in [-0.15, -0.1) is 9.60 Å². The molecule has 0 aromatic carbocycles. The molecule has 0 saturated carbocycles. The van der Waals surface area contributed by atoms with E-state index in [0.717, 1.165) is 0 Å². The lowest BCUT2D eigenvalue weighted by molar-refractivity contribution is 0.0688. The van der Waals surface area contributed by atoms with Crippen LogP contribution in [0.3, 0.4) is 0 Å². The van der Waals surface area contributed by atoms with Crippen molar-refractivity contribution in [3.8, 4) is 0 Å². The Morgan fingerprint density at radius 2 is 2.25 bits per heavy atom. The van der Waals surface area contributed by atoms with Crippen molar-refractivity contribution in [1.82, 2.24) is 5.12 Å². The van der Waals surface area contributed by atoms with Crippen molar-refractivity contribution in [2.24, 2.45) is 0 Å². The van der Waals surface area contributed by atoms with Crippen LogP contribution in [-0.2, 0) is 10.8 Å². The lowest BCUT2D eigenvalue weighted by Gasteiger charge is -2.00. The first-order valence-corrected chi connectivity index (χ1v) is 4.02. The fourth-order valence-electron chi connectivity index (χ4n) is 0.254. The van der Waals surface area contributed by atoms with E-state index >= 15 is 0 Å². The predicted octanol–water partition coefficient (Wildman–Crippen LogP) is 0.181. The largest absolute Gasteiger partial charge is 0.260 e. The molecule has 4 heteroatoms. The van der Waals surface area contributed by atoms with Gasteiger partial charge in [-0.3, -0.25) is 4.21 Å². The SMILES string of the molecule is CN(F)CCS(C)=O. The molecule has 0 fully saturated rings. The van der Waals surface area contributed by atoms with Crippen molar-refractivity contribution in [2.75, 3.05) is 25.6 Å². The summed E-state index contributed by atoms with van der Waals surface area (Å²) in [6, 6.07) is 0. The summed E-state index contributed by atoms with van der Waals surface area (Å²) in [6.45, 7) is 0.253. The highest BCUT2D eigenvalue weighted by molar-refractivity contribution is 7.84. The lowest BCUT2D eigenvalue weighted by atomic mass is 10.8. The van der Waals surface area contributed by atoms with E-state index in [1.54, 1.807) is 6.26 Å². The van der Waals surface area contributed by atoms with Crippen molar-refractivity contribution >= 4 is 10.8 Å². The molecule has 0 saturated heterocycles. The summed E-state index contributed by atoms with van der Waals surface area (Å²) < 4.78 is 22.0. The molecule has 0 rings (SSSR count). The van der Waals surface area contributed by atoms with Gasteiger partial charge in [0.25, 0.3) is 0 Å². The number of rotatable bonds is 3. The summed E-state index contributed by atoms with van der Waals surface area (Å²) >= 11 is 0. The molecule has 0 spiro atoms. The fraction of sp³-hybridized carbons (Fsp3) is 1.00. The molecule has 1 atom stereocenters. The average molecular weight is 139 g/mol. The van der Waals surface area contributed by atoms with E-state index in [-0.39, 0.29) is 6.54 Å². The zero-order valence-electron chi connectivity index (χ0n) is 5.06. The summed E-state index contributed by atoms with van der Waals surface area (Å²) in [5, 5.41) is 0.529. The molecule has 50 valence electrons. The smallest absolute Gasteiger partial charge is 0.0402 e. The first-order valence-electron chi connectivity index (χ1n) is 2.30. The number of nitrogens with zero attached hydrogens (tertiary/aromatic N) is 1. The van der Waals surface area contributed by atoms with Crippen LogP contribution in [0, 0.1) is 0 Å². The van der Waals surface area contributed by atoms with E-state index < -0.39 is 10.8 Å². The maximum atomic E-state index is 11.8. The molecule has 1 unspecified atom stereocenters. The van der Waals surface area contributed by atoms with Crippen molar-refractivity contribution in [1.29, 1.82) is 0 Å². The highest BCUT2D eigenvalue weighted by Crippen LogP contribution is 1.81. The van der Waals surface area contributed by atoms with E-state index in [4.69, 9.17) is 0 Å². The molecule has 0 radical (unpaired) electrons. The maximum Gasteiger partial charge on any atom is 0.0402 e. The average Bonchev–Trinajstić information content (AvgIpc) is 1.61. The molecule has 0 aliphatic heterocycles. The van der Waals surface area contributed by atoms with Crippen LogP contribution in [0.1, 0.15) is 0 Å². The first-order chi connectivity index (χ1) is 3.63. The van der Waals surface area contributed by atoms with Gasteiger partial charge in [0.15, 0.2) is 0 Å². The summed E-state index contributed by atoms with van der Waals surface area (Å²) in [5.41, 5.74) is 0. The minimum absolute atomic E-state index is 0.253. The number of hydrogen-bond acceptors (Lipinski definition) is 2. The van der Waals surface area contributed by atoms with Crippen LogP contribution < -0.4 is 0 Å². The van der Waals surface area contributed by atoms with Gasteiger partial charge < -0.3 is 0 Å². The minimum atomic E-state index is -0.868. The van der Waals surface area contributed by atoms with Crippen molar-refractivity contribution in [3.05, 3.63) is 0 Å². The van der Waals surface area contributed by atoms with Crippen LogP contribution in [0.25, 0.3) is 0 Å². The van der Waals surface area contributed by atoms with Gasteiger partial charge in [0.1, 0.15) is 0 Å². The van der Waals surface area contributed by atoms with Gasteiger partial charge >= 0.3 is 0 Å². The zero-order chi connectivity index (χ0) is 6.57. The summed E-state index contributed by atoms with van der Waals surface area (Å²) in [7, 11) is 0.445. The third kappa shape index (κ3) is 6.04. The second-order valence-corrected chi connectivity index (χ2v) is 3.16. The first kappa shape index (κ1) is 8.04. The predicted molar refractivity (Wildman–Crippen MR) is 32.7 cm³/mol. The Morgan fingerprint density at radius 1 is 1.75 bits per heavy atom. The van der Waals surface area contributed by atoms with Gasteiger partial charge in [0, 0.05) is 36.4 Å². The molecule has 0 aliphatic carbocycles. The molecule has 0 aliphatic rings. The molecule has 0 amide bonds. The van der Waals surface area contributed by atoms with Gasteiger partial charge in [-0.1, -0.05) is 0 Å². The van der Waals surface area contributed by atoms with Crippen molar-refractivity contribution < 1.29 is 8.69 Å². The Hall–Kier alpha value is 0.0400. The monoisotopic (exact) mass is 139 g/mol. The molecule has 0 aromatic rings. The van der Waals surface area contributed by atoms with Gasteiger partial charge in [0.2, 0.25) is 0 Å². The summed E-state index contributed by atoms with van der Waals surface area (Å²) in [5.74, 6) is 0.410. The van der Waals surface area contributed by atoms with Gasteiger partial charge in [-0.25, -0.2) is 0 Å². The van der Waals surface area contributed by atoms with Crippen molar-refractivity contribution in [3.63, 3.8) is 0 Å². The third-order valence-electron chi connectivity index (χ3n) is 0.687. The van der Waals surface area contributed by atoms with Crippen molar-refractivity contribution in [2.45, 2.75) is 0 Å². The van der Waals surface area contributed by atoms with E-state index in [9.17, 15) is 8.69 Å². The van der Waals surface area contributed by atoms with Crippen LogP contribution in [-0.4, -0.2) is 34.9 Å². The highest BCUT2D eigenvalue weighted by Gasteiger charge is 1.94. The molecule has 0 N–H and O–H groups in total. The quantitative estimate of drug-likeness (QED) is 0.520. The summed E-state index contributed by atoms with van der Waals surface area (Å²) in [6.07, 6.45) is 1.56. The topological polar surface area (TPSA) is 20.3 Å². The molecule has 0 heterocycles. The molecule has 8 heavy (non-hydrogen) atoms. The van der Waals surface area contributed by atoms with Crippen LogP contribution >= 0.6 is 0 Å². The Morgan fingerprint density at radius 3 is 2.38 bits per heavy atom. The Labute approximate surface area is 51.1 Å². The molecule has 0 bridgehead atoms. The van der Waals surface area contributed by atoms with Gasteiger partial charge in [0.05, 0.1) is 0 Å². The second-order valence-electron chi connectivity index (χ2n) is 1.61. The molecule has 0 aromatic heterocycles. The van der Waals surface area contributed by atoms with Crippen LogP contribution in [0.5, 0.6) is 0 Å². The maximum absolute atomic E-state index is 11.8. The molecular formula is C4H10FNOS. The second kappa shape index (κ2) is 3.97. The van der Waals surface area contributed by atoms with Gasteiger partial charge in [-0.2, -0.15) is 0 Å². The zero-order valence-corrected chi connectivity index (χ0v) is 5.87. The summed E-state index contributed by atoms with van der Waals surface area (Å²) in [4.78, 5) is 0. The molecular weight excluding hydrogens is 129 g/mol. The van der Waals surface area contributed by atoms with E-state index in [1.165, 1.54) is 7.05 Å². The number of halogens is 1. The Kier molecular flexibility index (Phi) is 3.99. The fourth-order valence-corrected chi connectivity index (χ4v) is 0.763. The lowest BCUT2D eigenvalue weighted by Crippen LogP contribution is -2.14. The van der Waals surface area contributed by atoms with E-state index in [0.29, 0.717) is 10.9 Å². The Bertz CT molecular complexity index is 86.1. The van der Waals surface area contributed by atoms with Crippen LogP contribution in [0.15, 0.2) is 0 Å². The van der Waals surface area contributed by atoms with Crippen LogP contribution in [0.4, 0.5) is 4.48 Å². The highest BCUT2D eigenvalue weighted by atomic mass is 32.2. The van der Waals surface area contributed by atoms with E-state index in [2.05, 4.69) is 0 Å². The minimum Gasteiger partial charge on any atom is -0.260 e. The van der Waals surface area contributed by atoms with E-state index in [1.807, 2.05) is 0 Å². The number of hydrogen-bond donors (Lipinski definition) is 0. The molecule has 2 nitrogen and oxygen atoms in total. The standard InChI is InChI=1S/C4H10FNOS/c1-6(5)3-4-8(2)7/h3-4H2,1-2H3. The third-order valence-corrected chi connectivity index (χ3v) is 1.44. The Balaban J connectivity index is 3.05. The van der Waals surface area contributed by atoms with Crippen LogP contribution in [0.2, 0.25) is 0 Å².